The number of methoxy groups -OCH3 is 1. The van der Waals surface area contributed by atoms with E-state index in [1.807, 2.05) is 13.8 Å². The molecule has 0 aliphatic carbocycles. The average molecular weight is 351 g/mol. The van der Waals surface area contributed by atoms with Crippen molar-refractivity contribution in [3.8, 4) is 16.9 Å². The third kappa shape index (κ3) is 2.97. The summed E-state index contributed by atoms with van der Waals surface area (Å²) < 4.78 is 44.8. The molecule has 3 rings (SSSR count). The van der Waals surface area contributed by atoms with Crippen molar-refractivity contribution in [2.45, 2.75) is 25.9 Å². The first kappa shape index (κ1) is 17.0. The Morgan fingerprint density at radius 3 is 2.28 bits per heavy atom. The standard InChI is InChI=1S/C16H16F3N5O/c1-8(2)12-11(9-4-6-10(25-3)7-5-9)13(20)24-15(21-12)22-14(23-24)16(17,18)19/h4-8H,20H2,1-3H3. The highest BCUT2D eigenvalue weighted by Crippen LogP contribution is 2.35. The minimum atomic E-state index is -4.67. The SMILES string of the molecule is COc1ccc(-c2c(C(C)C)nc3nc(C(F)(F)F)nn3c2N)cc1. The molecule has 6 nitrogen and oxygen atoms in total. The molecular formula is C16H16F3N5O. The molecule has 132 valence electrons. The fraction of sp³-hybridized carbons (Fsp3) is 0.312. The molecule has 3 aromatic rings. The number of aromatic nitrogens is 4. The highest BCUT2D eigenvalue weighted by molar-refractivity contribution is 5.78. The van der Waals surface area contributed by atoms with Crippen LogP contribution < -0.4 is 10.5 Å². The molecule has 0 aliphatic rings. The molecule has 0 aliphatic heterocycles. The van der Waals surface area contributed by atoms with Crippen LogP contribution in [0.2, 0.25) is 0 Å². The lowest BCUT2D eigenvalue weighted by Gasteiger charge is -2.15. The van der Waals surface area contributed by atoms with E-state index < -0.39 is 12.0 Å². The van der Waals surface area contributed by atoms with Crippen LogP contribution in [0, 0.1) is 0 Å². The van der Waals surface area contributed by atoms with Gasteiger partial charge in [0, 0.05) is 5.56 Å². The van der Waals surface area contributed by atoms with Crippen molar-refractivity contribution < 1.29 is 17.9 Å². The van der Waals surface area contributed by atoms with Crippen LogP contribution in [-0.2, 0) is 6.18 Å². The number of alkyl halides is 3. The number of rotatable bonds is 3. The molecule has 25 heavy (non-hydrogen) atoms. The summed E-state index contributed by atoms with van der Waals surface area (Å²) in [7, 11) is 1.55. The Kier molecular flexibility index (Phi) is 4.02. The van der Waals surface area contributed by atoms with Gasteiger partial charge >= 0.3 is 6.18 Å². The summed E-state index contributed by atoms with van der Waals surface area (Å²) in [6, 6.07) is 7.02. The molecule has 0 radical (unpaired) electrons. The topological polar surface area (TPSA) is 78.3 Å². The van der Waals surface area contributed by atoms with Crippen LogP contribution in [0.5, 0.6) is 5.75 Å². The van der Waals surface area contributed by atoms with E-state index in [0.717, 1.165) is 4.52 Å². The van der Waals surface area contributed by atoms with E-state index in [-0.39, 0.29) is 17.5 Å². The van der Waals surface area contributed by atoms with Crippen LogP contribution >= 0.6 is 0 Å². The fourth-order valence-electron chi connectivity index (χ4n) is 2.53. The summed E-state index contributed by atoms with van der Waals surface area (Å²) in [5.41, 5.74) is 7.93. The molecule has 2 N–H and O–H groups in total. The number of hydrogen-bond acceptors (Lipinski definition) is 5. The maximum Gasteiger partial charge on any atom is 0.453 e. The predicted molar refractivity (Wildman–Crippen MR) is 86.3 cm³/mol. The molecule has 0 atom stereocenters. The number of hydrogen-bond donors (Lipinski definition) is 1. The number of fused-ring (bicyclic) bond motifs is 1. The molecular weight excluding hydrogens is 335 g/mol. The Labute approximate surface area is 141 Å². The van der Waals surface area contributed by atoms with Gasteiger partial charge < -0.3 is 10.5 Å². The van der Waals surface area contributed by atoms with Crippen molar-refractivity contribution in [1.82, 2.24) is 19.6 Å². The highest BCUT2D eigenvalue weighted by atomic mass is 19.4. The Morgan fingerprint density at radius 1 is 1.12 bits per heavy atom. The largest absolute Gasteiger partial charge is 0.497 e. The number of nitrogens with zero attached hydrogens (tertiary/aromatic N) is 4. The number of anilines is 1. The monoisotopic (exact) mass is 351 g/mol. The normalized spacial score (nSPS) is 12.1. The smallest absolute Gasteiger partial charge is 0.453 e. The van der Waals surface area contributed by atoms with Gasteiger partial charge in [-0.15, -0.1) is 5.10 Å². The fourth-order valence-corrected chi connectivity index (χ4v) is 2.53. The lowest BCUT2D eigenvalue weighted by molar-refractivity contribution is -0.144. The van der Waals surface area contributed by atoms with Gasteiger partial charge in [-0.2, -0.15) is 22.7 Å². The van der Waals surface area contributed by atoms with Gasteiger partial charge in [0.25, 0.3) is 11.6 Å². The predicted octanol–water partition coefficient (Wildman–Crippen LogP) is 3.52. The molecule has 0 saturated carbocycles. The van der Waals surface area contributed by atoms with Crippen molar-refractivity contribution in [3.63, 3.8) is 0 Å². The first-order valence-electron chi connectivity index (χ1n) is 7.50. The molecule has 1 aromatic carbocycles. The zero-order chi connectivity index (χ0) is 18.4. The van der Waals surface area contributed by atoms with E-state index in [1.54, 1.807) is 31.4 Å². The van der Waals surface area contributed by atoms with E-state index in [0.29, 0.717) is 22.6 Å². The zero-order valence-corrected chi connectivity index (χ0v) is 13.8. The van der Waals surface area contributed by atoms with E-state index in [2.05, 4.69) is 15.1 Å². The van der Waals surface area contributed by atoms with E-state index in [4.69, 9.17) is 10.5 Å². The van der Waals surface area contributed by atoms with Crippen LogP contribution in [0.4, 0.5) is 19.0 Å². The quantitative estimate of drug-likeness (QED) is 0.781. The second-order valence-electron chi connectivity index (χ2n) is 5.79. The van der Waals surface area contributed by atoms with E-state index in [9.17, 15) is 13.2 Å². The van der Waals surface area contributed by atoms with Crippen LogP contribution in [0.25, 0.3) is 16.9 Å². The summed E-state index contributed by atoms with van der Waals surface area (Å²) in [4.78, 5) is 7.73. The van der Waals surface area contributed by atoms with Crippen molar-refractivity contribution in [1.29, 1.82) is 0 Å². The molecule has 2 aromatic heterocycles. The summed E-state index contributed by atoms with van der Waals surface area (Å²) in [5.74, 6) is -0.807. The molecule has 0 amide bonds. The maximum absolute atomic E-state index is 12.9. The van der Waals surface area contributed by atoms with Crippen LogP contribution in [0.1, 0.15) is 31.3 Å². The first-order chi connectivity index (χ1) is 11.7. The van der Waals surface area contributed by atoms with E-state index in [1.165, 1.54) is 0 Å². The van der Waals surface area contributed by atoms with E-state index >= 15 is 0 Å². The first-order valence-corrected chi connectivity index (χ1v) is 7.50. The van der Waals surface area contributed by atoms with Crippen molar-refractivity contribution in [2.75, 3.05) is 12.8 Å². The van der Waals surface area contributed by atoms with Gasteiger partial charge in [0.1, 0.15) is 11.6 Å². The Bertz CT molecular complexity index is 916. The molecule has 0 spiro atoms. The summed E-state index contributed by atoms with van der Waals surface area (Å²) in [6.07, 6.45) is -4.67. The summed E-state index contributed by atoms with van der Waals surface area (Å²) in [5, 5.41) is 3.47. The molecule has 0 saturated heterocycles. The van der Waals surface area contributed by atoms with Gasteiger partial charge in [-0.05, 0) is 23.6 Å². The third-order valence-corrected chi connectivity index (χ3v) is 3.73. The molecule has 0 unspecified atom stereocenters. The van der Waals surface area contributed by atoms with Crippen molar-refractivity contribution in [3.05, 3.63) is 35.8 Å². The minimum Gasteiger partial charge on any atom is -0.497 e. The molecule has 0 fully saturated rings. The summed E-state index contributed by atoms with van der Waals surface area (Å²) >= 11 is 0. The molecule has 0 bridgehead atoms. The minimum absolute atomic E-state index is 0.0573. The lowest BCUT2D eigenvalue weighted by Crippen LogP contribution is -2.10. The second-order valence-corrected chi connectivity index (χ2v) is 5.79. The Balaban J connectivity index is 2.28. The van der Waals surface area contributed by atoms with Gasteiger partial charge in [-0.1, -0.05) is 26.0 Å². The molecule has 2 heterocycles. The van der Waals surface area contributed by atoms with Gasteiger partial charge in [0.2, 0.25) is 0 Å². The molecule has 9 heteroatoms. The number of nitrogens with two attached hydrogens (primary N) is 1. The van der Waals surface area contributed by atoms with Crippen molar-refractivity contribution >= 4 is 11.6 Å². The average Bonchev–Trinajstić information content (AvgIpc) is 3.00. The van der Waals surface area contributed by atoms with Crippen LogP contribution in [-0.4, -0.2) is 26.7 Å². The van der Waals surface area contributed by atoms with Gasteiger partial charge in [-0.3, -0.25) is 0 Å². The number of benzene rings is 1. The van der Waals surface area contributed by atoms with Gasteiger partial charge in [0.15, 0.2) is 0 Å². The van der Waals surface area contributed by atoms with Crippen LogP contribution in [0.15, 0.2) is 24.3 Å². The lowest BCUT2D eigenvalue weighted by atomic mass is 9.98. The third-order valence-electron chi connectivity index (χ3n) is 3.73. The Hall–Kier alpha value is -2.84. The van der Waals surface area contributed by atoms with Crippen molar-refractivity contribution in [2.24, 2.45) is 0 Å². The van der Waals surface area contributed by atoms with Gasteiger partial charge in [0.05, 0.1) is 12.8 Å². The summed E-state index contributed by atoms with van der Waals surface area (Å²) in [6.45, 7) is 3.76. The number of ether oxygens (including phenoxy) is 1. The maximum atomic E-state index is 12.9. The number of nitrogen functional groups attached to an aromatic ring is 1. The van der Waals surface area contributed by atoms with Gasteiger partial charge in [-0.25, -0.2) is 4.98 Å². The zero-order valence-electron chi connectivity index (χ0n) is 13.8. The Morgan fingerprint density at radius 2 is 1.76 bits per heavy atom. The highest BCUT2D eigenvalue weighted by Gasteiger charge is 2.37. The second kappa shape index (κ2) is 5.91. The van der Waals surface area contributed by atoms with Crippen LogP contribution in [0.3, 0.4) is 0 Å². The number of halogens is 3.